The Morgan fingerprint density at radius 1 is 1.13 bits per heavy atom. The molecular formula is C23H27ClN4O2. The van der Waals surface area contributed by atoms with Gasteiger partial charge in [-0.3, -0.25) is 0 Å². The summed E-state index contributed by atoms with van der Waals surface area (Å²) < 4.78 is 5.22. The number of benzene rings is 2. The summed E-state index contributed by atoms with van der Waals surface area (Å²) in [6, 6.07) is 12.1. The van der Waals surface area contributed by atoms with Crippen LogP contribution >= 0.6 is 11.6 Å². The number of hydrogen-bond acceptors (Lipinski definition) is 6. The zero-order valence-corrected chi connectivity index (χ0v) is 18.1. The molecule has 0 spiro atoms. The second kappa shape index (κ2) is 9.06. The quantitative estimate of drug-likeness (QED) is 0.608. The summed E-state index contributed by atoms with van der Waals surface area (Å²) in [5.74, 6) is 2.73. The number of halogens is 1. The van der Waals surface area contributed by atoms with E-state index in [0.29, 0.717) is 23.2 Å². The highest BCUT2D eigenvalue weighted by Gasteiger charge is 2.22. The van der Waals surface area contributed by atoms with Crippen LogP contribution in [0.1, 0.15) is 24.0 Å². The number of anilines is 2. The molecule has 0 amide bonds. The van der Waals surface area contributed by atoms with Gasteiger partial charge in [0.1, 0.15) is 5.75 Å². The number of aliphatic hydroxyl groups excluding tert-OH is 1. The van der Waals surface area contributed by atoms with Crippen molar-refractivity contribution in [3.05, 3.63) is 52.5 Å². The maximum absolute atomic E-state index is 9.42. The largest absolute Gasteiger partial charge is 0.495 e. The third kappa shape index (κ3) is 4.30. The van der Waals surface area contributed by atoms with E-state index >= 15 is 0 Å². The highest BCUT2D eigenvalue weighted by atomic mass is 35.5. The van der Waals surface area contributed by atoms with Crippen molar-refractivity contribution in [2.24, 2.45) is 5.92 Å². The number of aliphatic hydroxyl groups is 1. The maximum Gasteiger partial charge on any atom is 0.159 e. The number of methoxy groups -OCH3 is 1. The van der Waals surface area contributed by atoms with Gasteiger partial charge in [0.2, 0.25) is 0 Å². The molecule has 3 aromatic rings. The lowest BCUT2D eigenvalue weighted by Crippen LogP contribution is -2.35. The Kier molecular flexibility index (Phi) is 6.25. The first-order valence-electron chi connectivity index (χ1n) is 10.3. The first-order valence-corrected chi connectivity index (χ1v) is 10.7. The van der Waals surface area contributed by atoms with E-state index in [1.54, 1.807) is 7.11 Å². The van der Waals surface area contributed by atoms with Gasteiger partial charge in [-0.15, -0.1) is 10.2 Å². The van der Waals surface area contributed by atoms with Crippen LogP contribution in [0.4, 0.5) is 11.6 Å². The third-order valence-corrected chi connectivity index (χ3v) is 6.06. The number of aryl methyl sites for hydroxylation is 1. The Hall–Kier alpha value is -2.57. The molecule has 0 unspecified atom stereocenters. The first kappa shape index (κ1) is 20.7. The van der Waals surface area contributed by atoms with Gasteiger partial charge in [-0.2, -0.15) is 0 Å². The van der Waals surface area contributed by atoms with Crippen molar-refractivity contribution >= 4 is 34.0 Å². The molecule has 30 heavy (non-hydrogen) atoms. The van der Waals surface area contributed by atoms with E-state index in [4.69, 9.17) is 16.3 Å². The fourth-order valence-electron chi connectivity index (χ4n) is 3.95. The molecule has 4 rings (SSSR count). The van der Waals surface area contributed by atoms with Crippen molar-refractivity contribution in [3.63, 3.8) is 0 Å². The molecule has 0 atom stereocenters. The molecule has 1 fully saturated rings. The predicted molar refractivity (Wildman–Crippen MR) is 122 cm³/mol. The Morgan fingerprint density at radius 3 is 2.63 bits per heavy atom. The van der Waals surface area contributed by atoms with Gasteiger partial charge >= 0.3 is 0 Å². The third-order valence-electron chi connectivity index (χ3n) is 5.76. The summed E-state index contributed by atoms with van der Waals surface area (Å²) in [6.07, 6.45) is 1.95. The summed E-state index contributed by atoms with van der Waals surface area (Å²) in [5, 5.41) is 24.7. The highest BCUT2D eigenvalue weighted by Crippen LogP contribution is 2.32. The topological polar surface area (TPSA) is 70.5 Å². The van der Waals surface area contributed by atoms with E-state index in [1.807, 2.05) is 18.2 Å². The smallest absolute Gasteiger partial charge is 0.159 e. The van der Waals surface area contributed by atoms with E-state index in [0.717, 1.165) is 53.9 Å². The summed E-state index contributed by atoms with van der Waals surface area (Å²) in [6.45, 7) is 4.71. The maximum atomic E-state index is 9.42. The molecule has 2 heterocycles. The summed E-state index contributed by atoms with van der Waals surface area (Å²) >= 11 is 6.25. The van der Waals surface area contributed by atoms with Crippen LogP contribution in [0.5, 0.6) is 5.75 Å². The van der Waals surface area contributed by atoms with E-state index in [-0.39, 0.29) is 6.61 Å². The molecule has 1 aliphatic rings. The summed E-state index contributed by atoms with van der Waals surface area (Å²) in [4.78, 5) is 2.28. The molecular weight excluding hydrogens is 400 g/mol. The Bertz CT molecular complexity index is 1040. The molecule has 6 nitrogen and oxygen atoms in total. The average Bonchev–Trinajstić information content (AvgIpc) is 2.77. The lowest BCUT2D eigenvalue weighted by molar-refractivity contribution is 0.203. The minimum absolute atomic E-state index is 0.262. The average molecular weight is 427 g/mol. The standard InChI is InChI=1S/C23H27ClN4O2/c1-15-3-5-18-19(11-15)22(25-13-17-4-6-21(30-2)20(24)12-17)26-27-23(18)28-9-7-16(14-29)8-10-28/h3-6,11-12,16,29H,7-10,13-14H2,1-2H3,(H,25,26). The second-order valence-electron chi connectivity index (χ2n) is 7.86. The zero-order valence-electron chi connectivity index (χ0n) is 17.4. The van der Waals surface area contributed by atoms with E-state index in [2.05, 4.69) is 45.5 Å². The Balaban J connectivity index is 1.60. The van der Waals surface area contributed by atoms with Crippen LogP contribution in [-0.2, 0) is 6.54 Å². The van der Waals surface area contributed by atoms with Crippen molar-refractivity contribution < 1.29 is 9.84 Å². The predicted octanol–water partition coefficient (Wildman–Crippen LogP) is 4.42. The van der Waals surface area contributed by atoms with Crippen molar-refractivity contribution in [2.45, 2.75) is 26.3 Å². The molecule has 1 saturated heterocycles. The van der Waals surface area contributed by atoms with E-state index in [9.17, 15) is 5.11 Å². The molecule has 0 bridgehead atoms. The monoisotopic (exact) mass is 426 g/mol. The molecule has 1 aromatic heterocycles. The fraction of sp³-hybridized carbons (Fsp3) is 0.391. The lowest BCUT2D eigenvalue weighted by atomic mass is 9.97. The number of hydrogen-bond donors (Lipinski definition) is 2. The molecule has 2 aromatic carbocycles. The van der Waals surface area contributed by atoms with Crippen LogP contribution in [0.2, 0.25) is 5.02 Å². The minimum atomic E-state index is 0.262. The van der Waals surface area contributed by atoms with Crippen molar-refractivity contribution in [1.82, 2.24) is 10.2 Å². The van der Waals surface area contributed by atoms with Gasteiger partial charge in [0.05, 0.1) is 12.1 Å². The van der Waals surface area contributed by atoms with Crippen LogP contribution in [-0.4, -0.2) is 42.1 Å². The summed E-state index contributed by atoms with van der Waals surface area (Å²) in [7, 11) is 1.61. The van der Waals surface area contributed by atoms with Crippen LogP contribution in [0.3, 0.4) is 0 Å². The molecule has 7 heteroatoms. The number of nitrogens with one attached hydrogen (secondary N) is 1. The number of fused-ring (bicyclic) bond motifs is 1. The van der Waals surface area contributed by atoms with Crippen molar-refractivity contribution in [1.29, 1.82) is 0 Å². The van der Waals surface area contributed by atoms with Crippen molar-refractivity contribution in [3.8, 4) is 5.75 Å². The van der Waals surface area contributed by atoms with Gasteiger partial charge in [0.25, 0.3) is 0 Å². The number of aromatic nitrogens is 2. The van der Waals surface area contributed by atoms with Crippen LogP contribution < -0.4 is 15.0 Å². The second-order valence-corrected chi connectivity index (χ2v) is 8.26. The minimum Gasteiger partial charge on any atom is -0.495 e. The van der Waals surface area contributed by atoms with E-state index in [1.165, 1.54) is 5.56 Å². The van der Waals surface area contributed by atoms with Crippen LogP contribution in [0.15, 0.2) is 36.4 Å². The molecule has 0 saturated carbocycles. The lowest BCUT2D eigenvalue weighted by Gasteiger charge is -2.32. The van der Waals surface area contributed by atoms with Gasteiger partial charge in [0.15, 0.2) is 11.6 Å². The number of nitrogens with zero attached hydrogens (tertiary/aromatic N) is 3. The Morgan fingerprint density at radius 2 is 1.93 bits per heavy atom. The molecule has 0 aliphatic carbocycles. The summed E-state index contributed by atoms with van der Waals surface area (Å²) in [5.41, 5.74) is 2.22. The van der Waals surface area contributed by atoms with Crippen LogP contribution in [0, 0.1) is 12.8 Å². The molecule has 0 radical (unpaired) electrons. The first-order chi connectivity index (χ1) is 14.6. The van der Waals surface area contributed by atoms with Crippen molar-refractivity contribution in [2.75, 3.05) is 37.0 Å². The SMILES string of the molecule is COc1ccc(CNc2nnc(N3CCC(CO)CC3)c3ccc(C)cc23)cc1Cl. The van der Waals surface area contributed by atoms with Gasteiger partial charge in [-0.1, -0.05) is 35.4 Å². The number of rotatable bonds is 6. The van der Waals surface area contributed by atoms with Crippen LogP contribution in [0.25, 0.3) is 10.8 Å². The van der Waals surface area contributed by atoms with Gasteiger partial charge in [-0.05, 0) is 49.4 Å². The number of ether oxygens (including phenoxy) is 1. The zero-order chi connectivity index (χ0) is 21.1. The number of piperidine rings is 1. The normalized spacial score (nSPS) is 14.9. The van der Waals surface area contributed by atoms with Gasteiger partial charge in [-0.25, -0.2) is 0 Å². The highest BCUT2D eigenvalue weighted by molar-refractivity contribution is 6.32. The molecule has 2 N–H and O–H groups in total. The Labute approximate surface area is 181 Å². The molecule has 158 valence electrons. The van der Waals surface area contributed by atoms with Gasteiger partial charge < -0.3 is 20.1 Å². The molecule has 1 aliphatic heterocycles. The fourth-order valence-corrected chi connectivity index (χ4v) is 4.23. The van der Waals surface area contributed by atoms with Gasteiger partial charge in [0, 0.05) is 37.0 Å². The van der Waals surface area contributed by atoms with E-state index < -0.39 is 0 Å².